The van der Waals surface area contributed by atoms with Crippen LogP contribution in [0, 0.1) is 0 Å². The second kappa shape index (κ2) is 12.4. The van der Waals surface area contributed by atoms with Crippen molar-refractivity contribution in [2.24, 2.45) is 4.99 Å². The topological polar surface area (TPSA) is 85.8 Å². The van der Waals surface area contributed by atoms with Crippen molar-refractivity contribution in [1.29, 1.82) is 0 Å². The number of nitrogens with zero attached hydrogens (tertiary/aromatic N) is 5. The first-order chi connectivity index (χ1) is 13.7. The molecule has 1 aliphatic carbocycles. The lowest BCUT2D eigenvalue weighted by molar-refractivity contribution is -0.131. The average molecular weight is 533 g/mol. The molecule has 0 bridgehead atoms. The van der Waals surface area contributed by atoms with Crippen molar-refractivity contribution in [2.75, 3.05) is 50.9 Å². The van der Waals surface area contributed by atoms with Gasteiger partial charge in [-0.3, -0.25) is 9.79 Å². The van der Waals surface area contributed by atoms with E-state index in [1.165, 1.54) is 19.3 Å². The van der Waals surface area contributed by atoms with Gasteiger partial charge in [0.05, 0.1) is 0 Å². The Morgan fingerprint density at radius 3 is 2.59 bits per heavy atom. The van der Waals surface area contributed by atoms with Gasteiger partial charge >= 0.3 is 0 Å². The van der Waals surface area contributed by atoms with Crippen molar-refractivity contribution in [3.63, 3.8) is 0 Å². The molecule has 2 aliphatic rings. The monoisotopic (exact) mass is 533 g/mol. The Balaban J connectivity index is 0.00000300. The summed E-state index contributed by atoms with van der Waals surface area (Å²) in [6, 6.07) is 2.29. The number of nitrogens with one attached hydrogen (secondary N) is 2. The molecule has 0 aromatic carbocycles. The lowest BCUT2D eigenvalue weighted by Gasteiger charge is -2.34. The van der Waals surface area contributed by atoms with Gasteiger partial charge in [0.1, 0.15) is 0 Å². The molecule has 10 heteroatoms. The summed E-state index contributed by atoms with van der Waals surface area (Å²) in [7, 11) is 1.78. The number of hydrogen-bond donors (Lipinski definition) is 2. The SMILES string of the molecule is CN=C(NCCC(=O)N1CCN(c2ncccn2)CC1)NC1CCC(SC)C1.I. The summed E-state index contributed by atoms with van der Waals surface area (Å²) in [6.07, 6.45) is 9.77. The van der Waals surface area contributed by atoms with E-state index in [1.807, 2.05) is 22.7 Å². The second-order valence-corrected chi connectivity index (χ2v) is 8.32. The number of guanidine groups is 1. The fourth-order valence-corrected chi connectivity index (χ4v) is 4.53. The van der Waals surface area contributed by atoms with Crippen LogP contribution in [0.5, 0.6) is 0 Å². The largest absolute Gasteiger partial charge is 0.356 e. The number of anilines is 1. The van der Waals surface area contributed by atoms with Gasteiger partial charge < -0.3 is 20.4 Å². The number of thioether (sulfide) groups is 1. The number of aliphatic imine (C=N–C) groups is 1. The maximum atomic E-state index is 12.5. The van der Waals surface area contributed by atoms with E-state index in [2.05, 4.69) is 36.7 Å². The minimum Gasteiger partial charge on any atom is -0.356 e. The van der Waals surface area contributed by atoms with Crippen molar-refractivity contribution in [3.05, 3.63) is 18.5 Å². The van der Waals surface area contributed by atoms with E-state index in [9.17, 15) is 4.79 Å². The molecule has 3 rings (SSSR count). The van der Waals surface area contributed by atoms with E-state index in [1.54, 1.807) is 19.4 Å². The standard InChI is InChI=1S/C19H31N7OS.HI/c1-20-18(24-15-4-5-16(14-15)28-2)21-9-6-17(27)25-10-12-26(13-11-25)19-22-7-3-8-23-19;/h3,7-8,15-16H,4-6,9-14H2,1-2H3,(H2,20,21,24);1H. The summed E-state index contributed by atoms with van der Waals surface area (Å²) in [5.74, 6) is 1.72. The van der Waals surface area contributed by atoms with E-state index in [0.29, 0.717) is 32.1 Å². The van der Waals surface area contributed by atoms with Crippen LogP contribution in [0.4, 0.5) is 5.95 Å². The molecule has 162 valence electrons. The molecule has 2 unspecified atom stereocenters. The molecule has 2 heterocycles. The molecule has 1 amide bonds. The number of carbonyl (C=O) groups is 1. The van der Waals surface area contributed by atoms with Crippen molar-refractivity contribution < 1.29 is 4.79 Å². The summed E-state index contributed by atoms with van der Waals surface area (Å²) >= 11 is 1.95. The molecular weight excluding hydrogens is 501 g/mol. The Labute approximate surface area is 194 Å². The minimum absolute atomic E-state index is 0. The number of hydrogen-bond acceptors (Lipinski definition) is 6. The van der Waals surface area contributed by atoms with Gasteiger partial charge in [0, 0.05) is 69.9 Å². The van der Waals surface area contributed by atoms with Gasteiger partial charge in [-0.25, -0.2) is 9.97 Å². The van der Waals surface area contributed by atoms with Crippen LogP contribution in [-0.2, 0) is 4.79 Å². The first-order valence-electron chi connectivity index (χ1n) is 9.99. The zero-order valence-corrected chi connectivity index (χ0v) is 20.4. The smallest absolute Gasteiger partial charge is 0.225 e. The average Bonchev–Trinajstić information content (AvgIpc) is 3.21. The highest BCUT2D eigenvalue weighted by Crippen LogP contribution is 2.27. The molecule has 1 aromatic rings. The van der Waals surface area contributed by atoms with Crippen LogP contribution in [0.3, 0.4) is 0 Å². The molecule has 1 aromatic heterocycles. The van der Waals surface area contributed by atoms with Crippen LogP contribution in [0.2, 0.25) is 0 Å². The predicted molar refractivity (Wildman–Crippen MR) is 130 cm³/mol. The molecule has 1 saturated heterocycles. The highest BCUT2D eigenvalue weighted by atomic mass is 127. The lowest BCUT2D eigenvalue weighted by Crippen LogP contribution is -2.50. The minimum atomic E-state index is 0. The van der Waals surface area contributed by atoms with Gasteiger partial charge in [0.25, 0.3) is 0 Å². The highest BCUT2D eigenvalue weighted by molar-refractivity contribution is 14.0. The number of halogens is 1. The van der Waals surface area contributed by atoms with Crippen LogP contribution in [0.25, 0.3) is 0 Å². The highest BCUT2D eigenvalue weighted by Gasteiger charge is 2.25. The van der Waals surface area contributed by atoms with Gasteiger partial charge in [-0.1, -0.05) is 0 Å². The third-order valence-electron chi connectivity index (χ3n) is 5.38. The Morgan fingerprint density at radius 1 is 1.24 bits per heavy atom. The van der Waals surface area contributed by atoms with Crippen molar-refractivity contribution in [2.45, 2.75) is 37.0 Å². The maximum Gasteiger partial charge on any atom is 0.225 e. The molecule has 1 saturated carbocycles. The molecule has 1 aliphatic heterocycles. The van der Waals surface area contributed by atoms with Crippen molar-refractivity contribution in [3.8, 4) is 0 Å². The Hall–Kier alpha value is -1.30. The molecule has 29 heavy (non-hydrogen) atoms. The maximum absolute atomic E-state index is 12.5. The zero-order chi connectivity index (χ0) is 19.8. The quantitative estimate of drug-likeness (QED) is 0.326. The van der Waals surface area contributed by atoms with Crippen LogP contribution >= 0.6 is 35.7 Å². The number of aromatic nitrogens is 2. The lowest BCUT2D eigenvalue weighted by atomic mass is 10.2. The summed E-state index contributed by atoms with van der Waals surface area (Å²) in [4.78, 5) is 29.4. The van der Waals surface area contributed by atoms with E-state index < -0.39 is 0 Å². The third kappa shape index (κ3) is 7.16. The van der Waals surface area contributed by atoms with Gasteiger partial charge in [-0.15, -0.1) is 24.0 Å². The fraction of sp³-hybridized carbons (Fsp3) is 0.684. The predicted octanol–water partition coefficient (Wildman–Crippen LogP) is 1.58. The first kappa shape index (κ1) is 24.0. The summed E-state index contributed by atoms with van der Waals surface area (Å²) in [6.45, 7) is 3.55. The summed E-state index contributed by atoms with van der Waals surface area (Å²) in [5, 5.41) is 7.52. The Morgan fingerprint density at radius 2 is 1.97 bits per heavy atom. The van der Waals surface area contributed by atoms with Gasteiger partial charge in [-0.05, 0) is 31.6 Å². The first-order valence-corrected chi connectivity index (χ1v) is 11.3. The molecular formula is C19H32IN7OS. The van der Waals surface area contributed by atoms with Gasteiger partial charge in [0.2, 0.25) is 11.9 Å². The second-order valence-electron chi connectivity index (χ2n) is 7.18. The molecule has 2 fully saturated rings. The molecule has 0 spiro atoms. The number of amides is 1. The van der Waals surface area contributed by atoms with Crippen LogP contribution in [0.15, 0.2) is 23.5 Å². The molecule has 2 N–H and O–H groups in total. The van der Waals surface area contributed by atoms with Gasteiger partial charge in [-0.2, -0.15) is 11.8 Å². The van der Waals surface area contributed by atoms with Crippen LogP contribution in [0.1, 0.15) is 25.7 Å². The van der Waals surface area contributed by atoms with Crippen molar-refractivity contribution in [1.82, 2.24) is 25.5 Å². The van der Waals surface area contributed by atoms with E-state index in [0.717, 1.165) is 30.2 Å². The van der Waals surface area contributed by atoms with Crippen LogP contribution < -0.4 is 15.5 Å². The third-order valence-corrected chi connectivity index (χ3v) is 6.48. The molecule has 0 radical (unpaired) electrons. The number of carbonyl (C=O) groups excluding carboxylic acids is 1. The molecule has 8 nitrogen and oxygen atoms in total. The van der Waals surface area contributed by atoms with E-state index in [-0.39, 0.29) is 29.9 Å². The summed E-state index contributed by atoms with van der Waals surface area (Å²) < 4.78 is 0. The van der Waals surface area contributed by atoms with E-state index in [4.69, 9.17) is 0 Å². The number of rotatable bonds is 6. The fourth-order valence-electron chi connectivity index (χ4n) is 3.73. The van der Waals surface area contributed by atoms with Gasteiger partial charge in [0.15, 0.2) is 5.96 Å². The summed E-state index contributed by atoms with van der Waals surface area (Å²) in [5.41, 5.74) is 0. The van der Waals surface area contributed by atoms with Crippen molar-refractivity contribution >= 4 is 53.6 Å². The Bertz CT molecular complexity index is 655. The Kier molecular flexibility index (Phi) is 10.3. The van der Waals surface area contributed by atoms with Crippen LogP contribution in [-0.4, -0.2) is 84.1 Å². The number of piperazine rings is 1. The normalized spacial score (nSPS) is 22.2. The zero-order valence-electron chi connectivity index (χ0n) is 17.2. The van der Waals surface area contributed by atoms with E-state index >= 15 is 0 Å². The molecule has 2 atom stereocenters.